The molecule has 1 fully saturated rings. The lowest BCUT2D eigenvalue weighted by atomic mass is 9.96. The number of para-hydroxylation sites is 1. The number of rotatable bonds is 5. The highest BCUT2D eigenvalue weighted by atomic mass is 19.1. The number of amides is 1. The molecule has 150 valence electrons. The molecule has 1 saturated heterocycles. The number of hydrogen-bond donors (Lipinski definition) is 0. The van der Waals surface area contributed by atoms with Crippen molar-refractivity contribution in [1.29, 1.82) is 0 Å². The van der Waals surface area contributed by atoms with Crippen LogP contribution in [0.5, 0.6) is 5.75 Å². The fraction of sp³-hybridized carbons (Fsp3) is 0.318. The van der Waals surface area contributed by atoms with Crippen LogP contribution in [0.15, 0.2) is 59.0 Å². The highest BCUT2D eigenvalue weighted by Gasteiger charge is 2.30. The molecule has 0 spiro atoms. The van der Waals surface area contributed by atoms with Gasteiger partial charge in [0, 0.05) is 24.6 Å². The van der Waals surface area contributed by atoms with E-state index in [-0.39, 0.29) is 17.6 Å². The van der Waals surface area contributed by atoms with Crippen molar-refractivity contribution in [3.63, 3.8) is 0 Å². The van der Waals surface area contributed by atoms with Crippen LogP contribution in [0, 0.1) is 5.82 Å². The Balaban J connectivity index is 1.33. The fourth-order valence-corrected chi connectivity index (χ4v) is 3.47. The number of likely N-dealkylation sites (tertiary alicyclic amines) is 1. The maximum absolute atomic E-state index is 13.1. The lowest BCUT2D eigenvalue weighted by Gasteiger charge is -2.32. The van der Waals surface area contributed by atoms with E-state index in [9.17, 15) is 9.18 Å². The summed E-state index contributed by atoms with van der Waals surface area (Å²) in [5.74, 6) is 1.39. The first-order valence-electron chi connectivity index (χ1n) is 9.70. The molecule has 29 heavy (non-hydrogen) atoms. The maximum atomic E-state index is 13.1. The maximum Gasteiger partial charge on any atom is 0.263 e. The third-order valence-corrected chi connectivity index (χ3v) is 5.09. The minimum absolute atomic E-state index is 0.0233. The van der Waals surface area contributed by atoms with E-state index in [1.165, 1.54) is 12.1 Å². The van der Waals surface area contributed by atoms with Gasteiger partial charge < -0.3 is 14.1 Å². The van der Waals surface area contributed by atoms with Gasteiger partial charge in [-0.3, -0.25) is 4.79 Å². The summed E-state index contributed by atoms with van der Waals surface area (Å²) in [6.07, 6.45) is 0.950. The second kappa shape index (κ2) is 8.43. The van der Waals surface area contributed by atoms with Crippen molar-refractivity contribution in [3.05, 3.63) is 66.3 Å². The molecule has 1 aliphatic rings. The Labute approximate surface area is 168 Å². The zero-order valence-electron chi connectivity index (χ0n) is 16.1. The topological polar surface area (TPSA) is 68.5 Å². The number of hydrogen-bond acceptors (Lipinski definition) is 5. The normalized spacial score (nSPS) is 15.9. The summed E-state index contributed by atoms with van der Waals surface area (Å²) in [5.41, 5.74) is 0.685. The molecule has 0 bridgehead atoms. The Morgan fingerprint density at radius 2 is 1.79 bits per heavy atom. The second-order valence-electron chi connectivity index (χ2n) is 7.13. The minimum Gasteiger partial charge on any atom is -0.481 e. The first-order chi connectivity index (χ1) is 14.1. The van der Waals surface area contributed by atoms with Crippen molar-refractivity contribution < 1.29 is 18.3 Å². The number of carbonyl (C=O) groups excluding carboxylic acids is 1. The molecule has 1 amide bonds. The highest BCUT2D eigenvalue weighted by Crippen LogP contribution is 2.29. The molecule has 1 atom stereocenters. The van der Waals surface area contributed by atoms with Crippen LogP contribution in [-0.4, -0.2) is 40.2 Å². The molecule has 4 rings (SSSR count). The number of piperidine rings is 1. The van der Waals surface area contributed by atoms with E-state index in [2.05, 4.69) is 10.2 Å². The Hall–Kier alpha value is -3.22. The van der Waals surface area contributed by atoms with Crippen molar-refractivity contribution >= 4 is 5.91 Å². The molecule has 1 aliphatic heterocycles. The molecule has 0 N–H and O–H groups in total. The molecule has 0 radical (unpaired) electrons. The van der Waals surface area contributed by atoms with Gasteiger partial charge in [-0.1, -0.05) is 18.2 Å². The third kappa shape index (κ3) is 4.45. The Morgan fingerprint density at radius 1 is 1.10 bits per heavy atom. The lowest BCUT2D eigenvalue weighted by Crippen LogP contribution is -2.44. The standard InChI is InChI=1S/C22H22FN3O3/c1-15(28-19-5-3-2-4-6-19)22(27)26-13-11-17(12-14-26)21-25-24-20(29-21)16-7-9-18(23)10-8-16/h2-10,15,17H,11-14H2,1H3/t15-/m1/s1. The van der Waals surface area contributed by atoms with E-state index < -0.39 is 6.10 Å². The monoisotopic (exact) mass is 395 g/mol. The van der Waals surface area contributed by atoms with Gasteiger partial charge in [0.15, 0.2) is 6.10 Å². The molecule has 3 aromatic rings. The largest absolute Gasteiger partial charge is 0.481 e. The van der Waals surface area contributed by atoms with E-state index in [1.807, 2.05) is 35.2 Å². The van der Waals surface area contributed by atoms with Gasteiger partial charge in [-0.25, -0.2) is 4.39 Å². The Kier molecular flexibility index (Phi) is 5.55. The van der Waals surface area contributed by atoms with Crippen molar-refractivity contribution in [1.82, 2.24) is 15.1 Å². The average Bonchev–Trinajstić information content (AvgIpc) is 3.25. The lowest BCUT2D eigenvalue weighted by molar-refractivity contribution is -0.139. The average molecular weight is 395 g/mol. The highest BCUT2D eigenvalue weighted by molar-refractivity contribution is 5.81. The Morgan fingerprint density at radius 3 is 2.48 bits per heavy atom. The molecule has 0 unspecified atom stereocenters. The summed E-state index contributed by atoms with van der Waals surface area (Å²) in [7, 11) is 0. The zero-order chi connectivity index (χ0) is 20.2. The number of aromatic nitrogens is 2. The third-order valence-electron chi connectivity index (χ3n) is 5.09. The quantitative estimate of drug-likeness (QED) is 0.652. The van der Waals surface area contributed by atoms with E-state index in [0.29, 0.717) is 36.2 Å². The van der Waals surface area contributed by atoms with Gasteiger partial charge in [-0.05, 0) is 56.2 Å². The van der Waals surface area contributed by atoms with Gasteiger partial charge in [0.05, 0.1) is 0 Å². The number of ether oxygens (including phenoxy) is 1. The van der Waals surface area contributed by atoms with Crippen LogP contribution in [0.25, 0.3) is 11.5 Å². The van der Waals surface area contributed by atoms with Crippen molar-refractivity contribution in [2.45, 2.75) is 31.8 Å². The molecule has 2 aromatic carbocycles. The van der Waals surface area contributed by atoms with Gasteiger partial charge in [0.25, 0.3) is 5.91 Å². The summed E-state index contributed by atoms with van der Waals surface area (Å²) >= 11 is 0. The van der Waals surface area contributed by atoms with Crippen LogP contribution in [0.4, 0.5) is 4.39 Å². The molecule has 7 heteroatoms. The van der Waals surface area contributed by atoms with E-state index in [0.717, 1.165) is 12.8 Å². The Bertz CT molecular complexity index is 951. The number of benzene rings is 2. The van der Waals surface area contributed by atoms with Crippen LogP contribution in [0.2, 0.25) is 0 Å². The first-order valence-corrected chi connectivity index (χ1v) is 9.70. The van der Waals surface area contributed by atoms with E-state index in [1.54, 1.807) is 19.1 Å². The molecule has 6 nitrogen and oxygen atoms in total. The summed E-state index contributed by atoms with van der Waals surface area (Å²) in [6, 6.07) is 15.3. The SMILES string of the molecule is C[C@@H](Oc1ccccc1)C(=O)N1CCC(c2nnc(-c3ccc(F)cc3)o2)CC1. The van der Waals surface area contributed by atoms with Gasteiger partial charge in [-0.15, -0.1) is 10.2 Å². The molecule has 1 aromatic heterocycles. The van der Waals surface area contributed by atoms with Crippen molar-refractivity contribution in [2.75, 3.05) is 13.1 Å². The van der Waals surface area contributed by atoms with Crippen molar-refractivity contribution in [3.8, 4) is 17.2 Å². The summed E-state index contributed by atoms with van der Waals surface area (Å²) < 4.78 is 24.6. The summed E-state index contributed by atoms with van der Waals surface area (Å²) in [6.45, 7) is 2.99. The van der Waals surface area contributed by atoms with Gasteiger partial charge in [0.1, 0.15) is 11.6 Å². The van der Waals surface area contributed by atoms with Crippen LogP contribution in [-0.2, 0) is 4.79 Å². The predicted molar refractivity (Wildman–Crippen MR) is 105 cm³/mol. The van der Waals surface area contributed by atoms with E-state index >= 15 is 0 Å². The molecular formula is C22H22FN3O3. The summed E-state index contributed by atoms with van der Waals surface area (Å²) in [5, 5.41) is 8.24. The van der Waals surface area contributed by atoms with Crippen LogP contribution >= 0.6 is 0 Å². The number of halogens is 1. The fourth-order valence-electron chi connectivity index (χ4n) is 3.47. The van der Waals surface area contributed by atoms with Crippen LogP contribution in [0.1, 0.15) is 31.6 Å². The van der Waals surface area contributed by atoms with Gasteiger partial charge in [0.2, 0.25) is 11.8 Å². The van der Waals surface area contributed by atoms with Crippen LogP contribution < -0.4 is 4.74 Å². The molecule has 0 aliphatic carbocycles. The predicted octanol–water partition coefficient (Wildman–Crippen LogP) is 4.05. The van der Waals surface area contributed by atoms with Gasteiger partial charge >= 0.3 is 0 Å². The molecular weight excluding hydrogens is 373 g/mol. The molecule has 2 heterocycles. The smallest absolute Gasteiger partial charge is 0.263 e. The summed E-state index contributed by atoms with van der Waals surface area (Å²) in [4.78, 5) is 14.5. The second-order valence-corrected chi connectivity index (χ2v) is 7.13. The number of nitrogens with zero attached hydrogens (tertiary/aromatic N) is 3. The minimum atomic E-state index is -0.539. The molecule has 0 saturated carbocycles. The van der Waals surface area contributed by atoms with E-state index in [4.69, 9.17) is 9.15 Å². The first kappa shape index (κ1) is 19.1. The zero-order valence-corrected chi connectivity index (χ0v) is 16.1. The van der Waals surface area contributed by atoms with Crippen molar-refractivity contribution in [2.24, 2.45) is 0 Å². The van der Waals surface area contributed by atoms with Crippen LogP contribution in [0.3, 0.4) is 0 Å². The number of carbonyl (C=O) groups is 1. The van der Waals surface area contributed by atoms with Gasteiger partial charge in [-0.2, -0.15) is 0 Å².